The molecule has 0 bridgehead atoms. The maximum Gasteiger partial charge on any atom is 0.332 e. The molecule has 1 fully saturated rings. The molecule has 1 aromatic carbocycles. The largest absolute Gasteiger partial charge is 0.332 e. The molecule has 3 aromatic rings. The molecule has 8 heteroatoms. The number of halogens is 1. The third kappa shape index (κ3) is 3.60. The Morgan fingerprint density at radius 3 is 2.43 bits per heavy atom. The first-order valence-corrected chi connectivity index (χ1v) is 10.5. The van der Waals surface area contributed by atoms with Gasteiger partial charge < -0.3 is 9.47 Å². The van der Waals surface area contributed by atoms with Crippen LogP contribution in [-0.2, 0) is 27.2 Å². The van der Waals surface area contributed by atoms with Gasteiger partial charge in [-0.25, -0.2) is 14.2 Å². The van der Waals surface area contributed by atoms with E-state index in [0.29, 0.717) is 40.9 Å². The van der Waals surface area contributed by atoms with Gasteiger partial charge in [-0.2, -0.15) is 0 Å². The first-order chi connectivity index (χ1) is 14.3. The topological polar surface area (TPSA) is 66.3 Å². The molecule has 1 aliphatic rings. The van der Waals surface area contributed by atoms with Gasteiger partial charge in [-0.05, 0) is 12.5 Å². The van der Waals surface area contributed by atoms with Crippen LogP contribution in [0, 0.1) is 17.7 Å². The molecule has 0 amide bonds. The number of hydrogen-bond donors (Lipinski definition) is 1. The van der Waals surface area contributed by atoms with E-state index < -0.39 is 11.2 Å². The second-order valence-electron chi connectivity index (χ2n) is 8.86. The highest BCUT2D eigenvalue weighted by Gasteiger charge is 2.28. The Morgan fingerprint density at radius 1 is 1.10 bits per heavy atom. The summed E-state index contributed by atoms with van der Waals surface area (Å²) in [7, 11) is 3.08. The number of hydrogen-bond acceptors (Lipinski definition) is 3. The number of nitrogens with zero attached hydrogens (tertiary/aromatic N) is 4. The molecule has 1 saturated heterocycles. The van der Waals surface area contributed by atoms with Crippen molar-refractivity contribution in [3.05, 3.63) is 62.3 Å². The lowest BCUT2D eigenvalue weighted by molar-refractivity contribution is -0.926. The molecule has 3 heterocycles. The lowest BCUT2D eigenvalue weighted by atomic mass is 9.92. The molecular formula is C22H29FN5O2+. The SMILES string of the molecule is C[C@H]1C[C@H](C)C[NH+](Cc2nc3c(c(=O)n(C)c(=O)n3C)n2Cc2ccccc2F)C1. The van der Waals surface area contributed by atoms with E-state index in [4.69, 9.17) is 4.98 Å². The number of imidazole rings is 1. The van der Waals surface area contributed by atoms with E-state index in [1.165, 1.54) is 29.0 Å². The summed E-state index contributed by atoms with van der Waals surface area (Å²) >= 11 is 0. The van der Waals surface area contributed by atoms with Crippen LogP contribution in [0.3, 0.4) is 0 Å². The average molecular weight is 415 g/mol. The molecule has 0 aliphatic carbocycles. The first kappa shape index (κ1) is 20.5. The van der Waals surface area contributed by atoms with Crippen LogP contribution in [0.5, 0.6) is 0 Å². The van der Waals surface area contributed by atoms with E-state index in [9.17, 15) is 14.0 Å². The summed E-state index contributed by atoms with van der Waals surface area (Å²) in [5, 5.41) is 0. The first-order valence-electron chi connectivity index (χ1n) is 10.5. The smallest absolute Gasteiger partial charge is 0.328 e. The van der Waals surface area contributed by atoms with Crippen molar-refractivity contribution in [1.82, 2.24) is 18.7 Å². The quantitative estimate of drug-likeness (QED) is 0.683. The van der Waals surface area contributed by atoms with Crippen LogP contribution in [-0.4, -0.2) is 31.8 Å². The van der Waals surface area contributed by atoms with Crippen LogP contribution >= 0.6 is 0 Å². The van der Waals surface area contributed by atoms with Gasteiger partial charge in [0.1, 0.15) is 12.4 Å². The van der Waals surface area contributed by atoms with E-state index in [0.717, 1.165) is 17.7 Å². The van der Waals surface area contributed by atoms with E-state index >= 15 is 0 Å². The Kier molecular flexibility index (Phi) is 5.36. The van der Waals surface area contributed by atoms with Gasteiger partial charge in [0.2, 0.25) is 0 Å². The van der Waals surface area contributed by atoms with Crippen molar-refractivity contribution in [3.8, 4) is 0 Å². The molecule has 0 spiro atoms. The minimum absolute atomic E-state index is 0.199. The van der Waals surface area contributed by atoms with Gasteiger partial charge in [0.15, 0.2) is 17.0 Å². The van der Waals surface area contributed by atoms with E-state index in [2.05, 4.69) is 13.8 Å². The normalized spacial score (nSPS) is 22.0. The number of quaternary nitrogens is 1. The number of nitrogens with one attached hydrogen (secondary N) is 1. The second kappa shape index (κ2) is 7.83. The van der Waals surface area contributed by atoms with Crippen molar-refractivity contribution < 1.29 is 9.29 Å². The van der Waals surface area contributed by atoms with Gasteiger partial charge in [0.05, 0.1) is 19.6 Å². The Balaban J connectivity index is 1.87. The average Bonchev–Trinajstić information content (AvgIpc) is 3.04. The Hall–Kier alpha value is -2.74. The van der Waals surface area contributed by atoms with Gasteiger partial charge in [0.25, 0.3) is 5.56 Å². The molecule has 160 valence electrons. The highest BCUT2D eigenvalue weighted by Crippen LogP contribution is 2.17. The van der Waals surface area contributed by atoms with Crippen molar-refractivity contribution in [3.63, 3.8) is 0 Å². The van der Waals surface area contributed by atoms with Gasteiger partial charge in [0, 0.05) is 31.5 Å². The minimum Gasteiger partial charge on any atom is -0.328 e. The minimum atomic E-state index is -0.415. The van der Waals surface area contributed by atoms with Crippen molar-refractivity contribution in [2.24, 2.45) is 25.9 Å². The maximum absolute atomic E-state index is 14.4. The second-order valence-corrected chi connectivity index (χ2v) is 8.86. The zero-order valence-corrected chi connectivity index (χ0v) is 18.0. The van der Waals surface area contributed by atoms with Gasteiger partial charge in [-0.3, -0.25) is 13.9 Å². The predicted octanol–water partition coefficient (Wildman–Crippen LogP) is 0.682. The monoisotopic (exact) mass is 414 g/mol. The maximum atomic E-state index is 14.4. The Labute approximate surface area is 174 Å². The summed E-state index contributed by atoms with van der Waals surface area (Å²) in [5.74, 6) is 1.62. The molecular weight excluding hydrogens is 385 g/mol. The van der Waals surface area contributed by atoms with Gasteiger partial charge in [-0.1, -0.05) is 32.0 Å². The number of fused-ring (bicyclic) bond motifs is 1. The molecule has 2 atom stereocenters. The standard InChI is InChI=1S/C22H28FN5O2/c1-14-9-15(2)11-27(10-14)13-18-24-20-19(21(29)26(4)22(30)25(20)3)28(18)12-16-7-5-6-8-17(16)23/h5-8,14-15H,9-13H2,1-4H3/p+1/t14-,15-/m0/s1. The molecule has 1 aliphatic heterocycles. The van der Waals surface area contributed by atoms with Crippen LogP contribution in [0.15, 0.2) is 33.9 Å². The summed E-state index contributed by atoms with van der Waals surface area (Å²) in [6, 6.07) is 6.57. The number of piperidine rings is 1. The fourth-order valence-corrected chi connectivity index (χ4v) is 4.88. The van der Waals surface area contributed by atoms with Crippen molar-refractivity contribution in [1.29, 1.82) is 0 Å². The number of likely N-dealkylation sites (tertiary alicyclic amines) is 1. The molecule has 0 unspecified atom stereocenters. The summed E-state index contributed by atoms with van der Waals surface area (Å²) in [6.45, 7) is 7.42. The third-order valence-electron chi connectivity index (χ3n) is 6.20. The van der Waals surface area contributed by atoms with E-state index in [1.807, 2.05) is 0 Å². The number of benzene rings is 1. The van der Waals surface area contributed by atoms with Crippen LogP contribution < -0.4 is 16.1 Å². The van der Waals surface area contributed by atoms with Crippen LogP contribution in [0.2, 0.25) is 0 Å². The van der Waals surface area contributed by atoms with Gasteiger partial charge in [-0.15, -0.1) is 0 Å². The Morgan fingerprint density at radius 2 is 1.77 bits per heavy atom. The van der Waals surface area contributed by atoms with Crippen LogP contribution in [0.4, 0.5) is 4.39 Å². The number of aromatic nitrogens is 4. The lowest BCUT2D eigenvalue weighted by Gasteiger charge is -2.31. The fraction of sp³-hybridized carbons (Fsp3) is 0.500. The predicted molar refractivity (Wildman–Crippen MR) is 113 cm³/mol. The fourth-order valence-electron chi connectivity index (χ4n) is 4.88. The zero-order chi connectivity index (χ0) is 21.6. The van der Waals surface area contributed by atoms with Crippen molar-refractivity contribution in [2.75, 3.05) is 13.1 Å². The van der Waals surface area contributed by atoms with Crippen molar-refractivity contribution in [2.45, 2.75) is 33.4 Å². The lowest BCUT2D eigenvalue weighted by Crippen LogP contribution is -3.13. The molecule has 7 nitrogen and oxygen atoms in total. The summed E-state index contributed by atoms with van der Waals surface area (Å²) in [4.78, 5) is 31.5. The number of rotatable bonds is 4. The molecule has 0 radical (unpaired) electrons. The van der Waals surface area contributed by atoms with E-state index in [1.54, 1.807) is 29.8 Å². The summed E-state index contributed by atoms with van der Waals surface area (Å²) in [6.07, 6.45) is 1.21. The Bertz CT molecular complexity index is 1200. The molecule has 1 N–H and O–H groups in total. The number of aryl methyl sites for hydroxylation is 1. The van der Waals surface area contributed by atoms with Crippen molar-refractivity contribution >= 4 is 11.2 Å². The molecule has 2 aromatic heterocycles. The molecule has 4 rings (SSSR count). The molecule has 30 heavy (non-hydrogen) atoms. The van der Waals surface area contributed by atoms with E-state index in [-0.39, 0.29) is 12.4 Å². The van der Waals surface area contributed by atoms with Crippen LogP contribution in [0.25, 0.3) is 11.2 Å². The summed E-state index contributed by atoms with van der Waals surface area (Å²) in [5.41, 5.74) is 0.368. The highest BCUT2D eigenvalue weighted by atomic mass is 19.1. The highest BCUT2D eigenvalue weighted by molar-refractivity contribution is 5.71. The van der Waals surface area contributed by atoms with Crippen LogP contribution in [0.1, 0.15) is 31.7 Å². The third-order valence-corrected chi connectivity index (χ3v) is 6.20. The summed E-state index contributed by atoms with van der Waals surface area (Å²) < 4.78 is 18.7. The molecule has 0 saturated carbocycles. The van der Waals surface area contributed by atoms with Gasteiger partial charge >= 0.3 is 5.69 Å². The zero-order valence-electron chi connectivity index (χ0n) is 18.0.